The summed E-state index contributed by atoms with van der Waals surface area (Å²) in [5.41, 5.74) is 0.170. The number of benzene rings is 2. The van der Waals surface area contributed by atoms with Gasteiger partial charge in [-0.2, -0.15) is 14.0 Å². The Kier molecular flexibility index (Phi) is 8.97. The van der Waals surface area contributed by atoms with Crippen LogP contribution in [0.4, 0.5) is 20.2 Å². The zero-order valence-electron chi connectivity index (χ0n) is 17.4. The summed E-state index contributed by atoms with van der Waals surface area (Å²) in [6, 6.07) is 9.75. The van der Waals surface area contributed by atoms with Gasteiger partial charge in [0.1, 0.15) is 17.5 Å². The zero-order valence-corrected chi connectivity index (χ0v) is 20.8. The molecule has 2 atom stereocenters. The van der Waals surface area contributed by atoms with E-state index in [1.165, 1.54) is 36.4 Å². The third kappa shape index (κ3) is 7.70. The van der Waals surface area contributed by atoms with Crippen LogP contribution in [0.3, 0.4) is 0 Å². The normalized spacial score (nSPS) is 13.3. The molecule has 0 radical (unpaired) electrons. The maximum absolute atomic E-state index is 13.0. The summed E-state index contributed by atoms with van der Waals surface area (Å²) in [6.45, 7) is 2.61. The second kappa shape index (κ2) is 11.0. The number of nitro groups is 1. The van der Waals surface area contributed by atoms with Gasteiger partial charge in [-0.25, -0.2) is 0 Å². The van der Waals surface area contributed by atoms with Crippen molar-refractivity contribution in [2.75, 3.05) is 5.32 Å². The smallest absolute Gasteiger partial charge is 0.387 e. The number of anilines is 1. The summed E-state index contributed by atoms with van der Waals surface area (Å²) >= 11 is 9.24. The molecule has 0 aliphatic rings. The van der Waals surface area contributed by atoms with E-state index in [4.69, 9.17) is 16.0 Å². The minimum absolute atomic E-state index is 0.0195. The number of nitriles is 1. The monoisotopic (exact) mass is 547 g/mol. The van der Waals surface area contributed by atoms with Crippen molar-refractivity contribution in [3.63, 3.8) is 0 Å². The average molecular weight is 549 g/mol. The Morgan fingerprint density at radius 1 is 1.28 bits per heavy atom. The Morgan fingerprint density at radius 2 is 1.97 bits per heavy atom. The van der Waals surface area contributed by atoms with Gasteiger partial charge in [-0.1, -0.05) is 33.6 Å². The van der Waals surface area contributed by atoms with E-state index >= 15 is 0 Å². The van der Waals surface area contributed by atoms with Crippen LogP contribution in [0, 0.1) is 21.4 Å². The number of rotatable bonds is 10. The number of hydrogen-bond donors (Lipinski definition) is 1. The molecule has 32 heavy (non-hydrogen) atoms. The minimum Gasteiger partial charge on any atom is -0.434 e. The van der Waals surface area contributed by atoms with Crippen LogP contribution in [-0.4, -0.2) is 26.0 Å². The molecule has 12 heteroatoms. The van der Waals surface area contributed by atoms with Gasteiger partial charge in [0.25, 0.3) is 5.69 Å². The molecule has 2 rings (SSSR count). The predicted octanol–water partition coefficient (Wildman–Crippen LogP) is 6.90. The Bertz CT molecular complexity index is 1020. The van der Waals surface area contributed by atoms with Crippen molar-refractivity contribution >= 4 is 47.2 Å². The highest BCUT2D eigenvalue weighted by Crippen LogP contribution is 2.38. The molecule has 0 fully saturated rings. The summed E-state index contributed by atoms with van der Waals surface area (Å²) in [4.78, 5) is 10.9. The molecule has 0 saturated carbocycles. The summed E-state index contributed by atoms with van der Waals surface area (Å²) in [6.07, 6.45) is -0.869. The molecule has 1 N–H and O–H groups in total. The quantitative estimate of drug-likeness (QED) is 0.197. The summed E-state index contributed by atoms with van der Waals surface area (Å²) < 4.78 is 37.2. The fourth-order valence-corrected chi connectivity index (χ4v) is 4.52. The van der Waals surface area contributed by atoms with Crippen LogP contribution in [0.5, 0.6) is 5.75 Å². The van der Waals surface area contributed by atoms with E-state index in [1.807, 2.05) is 19.6 Å². The van der Waals surface area contributed by atoms with Crippen LogP contribution in [0.1, 0.15) is 18.0 Å². The first kappa shape index (κ1) is 26.0. The fraction of sp³-hybridized carbons (Fsp3) is 0.350. The molecule has 2 aromatic rings. The average Bonchev–Trinajstić information content (AvgIpc) is 2.65. The molecule has 0 saturated heterocycles. The topological polar surface area (TPSA) is 97.4 Å². The molecule has 7 nitrogen and oxygen atoms in total. The Hall–Kier alpha value is -2.26. The number of nitro benzene ring substituents is 1. The van der Waals surface area contributed by atoms with Crippen molar-refractivity contribution in [1.29, 1.82) is 5.26 Å². The maximum Gasteiger partial charge on any atom is 0.387 e. The number of nitrogens with zero attached hydrogens (tertiary/aromatic N) is 2. The lowest BCUT2D eigenvalue weighted by molar-refractivity contribution is -0.384. The Morgan fingerprint density at radius 3 is 2.53 bits per heavy atom. The number of alkyl halides is 2. The molecule has 0 aliphatic heterocycles. The van der Waals surface area contributed by atoms with Crippen molar-refractivity contribution in [3.05, 3.63) is 61.6 Å². The molecule has 1 unspecified atom stereocenters. The minimum atomic E-state index is -3.11. The highest BCUT2D eigenvalue weighted by molar-refractivity contribution is 9.10. The lowest BCUT2D eigenvalue weighted by Gasteiger charge is -2.28. The van der Waals surface area contributed by atoms with Gasteiger partial charge in [-0.3, -0.25) is 10.1 Å². The number of halogens is 4. The van der Waals surface area contributed by atoms with Crippen LogP contribution < -0.4 is 10.1 Å². The number of ether oxygens (including phenoxy) is 1. The molecule has 172 valence electrons. The second-order valence-corrected chi connectivity index (χ2v) is 13.6. The molecule has 0 amide bonds. The van der Waals surface area contributed by atoms with Crippen LogP contribution >= 0.6 is 27.5 Å². The first-order valence-electron chi connectivity index (χ1n) is 9.42. The van der Waals surface area contributed by atoms with E-state index in [2.05, 4.69) is 32.1 Å². The maximum atomic E-state index is 13.0. The van der Waals surface area contributed by atoms with Gasteiger partial charge in [0.05, 0.1) is 17.0 Å². The molecular formula is C20H21BrClF2N3O4Si. The van der Waals surface area contributed by atoms with Crippen LogP contribution in [-0.2, 0) is 4.43 Å². The lowest BCUT2D eigenvalue weighted by atomic mass is 9.99. The van der Waals surface area contributed by atoms with Gasteiger partial charge in [0.2, 0.25) is 0 Å². The highest BCUT2D eigenvalue weighted by atomic mass is 79.9. The molecule has 0 bridgehead atoms. The van der Waals surface area contributed by atoms with E-state index in [-0.39, 0.29) is 34.1 Å². The van der Waals surface area contributed by atoms with Gasteiger partial charge in [-0.15, -0.1) is 0 Å². The van der Waals surface area contributed by atoms with Gasteiger partial charge >= 0.3 is 6.61 Å². The molecule has 0 aliphatic carbocycles. The Balaban J connectivity index is 2.56. The van der Waals surface area contributed by atoms with Gasteiger partial charge in [0.15, 0.2) is 8.32 Å². The van der Waals surface area contributed by atoms with E-state index in [0.717, 1.165) is 0 Å². The predicted molar refractivity (Wildman–Crippen MR) is 124 cm³/mol. The highest BCUT2D eigenvalue weighted by Gasteiger charge is 2.28. The van der Waals surface area contributed by atoms with E-state index < -0.39 is 32.0 Å². The van der Waals surface area contributed by atoms with Gasteiger partial charge in [-0.05, 0) is 43.9 Å². The van der Waals surface area contributed by atoms with Crippen LogP contribution in [0.15, 0.2) is 40.9 Å². The lowest BCUT2D eigenvalue weighted by Crippen LogP contribution is -2.33. The summed E-state index contributed by atoms with van der Waals surface area (Å²) in [5.74, 6) is -0.202. The molecule has 0 aromatic heterocycles. The van der Waals surface area contributed by atoms with Crippen LogP contribution in [0.2, 0.25) is 24.7 Å². The van der Waals surface area contributed by atoms with Gasteiger partial charge in [0, 0.05) is 27.5 Å². The van der Waals surface area contributed by atoms with Crippen molar-refractivity contribution in [2.24, 2.45) is 0 Å². The largest absolute Gasteiger partial charge is 0.434 e. The second-order valence-electron chi connectivity index (χ2n) is 7.76. The van der Waals surface area contributed by atoms with Crippen molar-refractivity contribution in [3.8, 4) is 11.8 Å². The molecule has 0 spiro atoms. The van der Waals surface area contributed by atoms with Gasteiger partial charge < -0.3 is 14.5 Å². The van der Waals surface area contributed by atoms with E-state index in [0.29, 0.717) is 4.47 Å². The Labute approximate surface area is 198 Å². The van der Waals surface area contributed by atoms with Crippen molar-refractivity contribution in [2.45, 2.75) is 44.8 Å². The first-order chi connectivity index (χ1) is 14.9. The third-order valence-corrected chi connectivity index (χ3v) is 5.86. The SMILES string of the molecule is C[Si](C)(C)OC(C#N)C[C@@H](Nc1cc(Br)ccc1[N+](=O)[O-])c1ccc(Cl)cc1OC(F)F. The summed E-state index contributed by atoms with van der Waals surface area (Å²) in [5, 5.41) is 24.3. The molecule has 2 aromatic carbocycles. The first-order valence-corrected chi connectivity index (χ1v) is 14.0. The zero-order chi connectivity index (χ0) is 24.1. The van der Waals surface area contributed by atoms with Crippen molar-refractivity contribution in [1.82, 2.24) is 0 Å². The van der Waals surface area contributed by atoms with Crippen LogP contribution in [0.25, 0.3) is 0 Å². The van der Waals surface area contributed by atoms with E-state index in [9.17, 15) is 24.2 Å². The number of nitrogens with one attached hydrogen (secondary N) is 1. The van der Waals surface area contributed by atoms with Crippen molar-refractivity contribution < 1.29 is 22.9 Å². The van der Waals surface area contributed by atoms with E-state index in [1.54, 1.807) is 0 Å². The third-order valence-electron chi connectivity index (χ3n) is 4.14. The summed E-state index contributed by atoms with van der Waals surface area (Å²) in [7, 11) is -2.13. The molecular weight excluding hydrogens is 528 g/mol. The fourth-order valence-electron chi connectivity index (χ4n) is 3.00. The number of hydrogen-bond acceptors (Lipinski definition) is 6. The standard InChI is InChI=1S/C20H21BrClF2N3O4Si/c1-32(2,3)31-14(11-25)10-16(15-6-5-13(22)9-19(15)30-20(23)24)26-17-8-12(21)4-7-18(17)27(28)29/h4-9,14,16,20,26H,10H2,1-3H3/t14?,16-/m1/s1. The molecule has 0 heterocycles.